The van der Waals surface area contributed by atoms with Crippen molar-refractivity contribution in [2.75, 3.05) is 11.9 Å². The lowest BCUT2D eigenvalue weighted by Gasteiger charge is -2.34. The first-order chi connectivity index (χ1) is 10.8. The summed E-state index contributed by atoms with van der Waals surface area (Å²) in [5, 5.41) is 11.8. The molecule has 1 N–H and O–H groups in total. The average Bonchev–Trinajstić information content (AvgIpc) is 3.08. The van der Waals surface area contributed by atoms with E-state index < -0.39 is 0 Å². The molecule has 1 aliphatic carbocycles. The molecule has 1 aliphatic heterocycles. The number of piperidine rings is 1. The van der Waals surface area contributed by atoms with E-state index in [0.717, 1.165) is 31.6 Å². The van der Waals surface area contributed by atoms with Crippen molar-refractivity contribution >= 4 is 11.7 Å². The number of rotatable bonds is 4. The van der Waals surface area contributed by atoms with Crippen LogP contribution in [0.3, 0.4) is 0 Å². The Kier molecular flexibility index (Phi) is 4.90. The number of hydrogen-bond acceptors (Lipinski definition) is 4. The molecule has 0 bridgehead atoms. The SMILES string of the molecule is CCC1CCCCN1C(=O)c1ccc(NC2CCCC2)nn1. The number of carbonyl (C=O) groups is 1. The number of likely N-dealkylation sites (tertiary alicyclic amines) is 1. The number of amides is 1. The van der Waals surface area contributed by atoms with E-state index in [1.165, 1.54) is 32.1 Å². The van der Waals surface area contributed by atoms with Crippen LogP contribution in [-0.2, 0) is 0 Å². The Morgan fingerprint density at radius 3 is 2.64 bits per heavy atom. The highest BCUT2D eigenvalue weighted by Crippen LogP contribution is 2.23. The largest absolute Gasteiger partial charge is 0.366 e. The highest BCUT2D eigenvalue weighted by Gasteiger charge is 2.27. The van der Waals surface area contributed by atoms with E-state index in [2.05, 4.69) is 22.4 Å². The van der Waals surface area contributed by atoms with Gasteiger partial charge in [-0.2, -0.15) is 0 Å². The van der Waals surface area contributed by atoms with Crippen molar-refractivity contribution in [1.82, 2.24) is 15.1 Å². The molecular formula is C17H26N4O. The molecule has 5 nitrogen and oxygen atoms in total. The maximum Gasteiger partial charge on any atom is 0.274 e. The van der Waals surface area contributed by atoms with E-state index in [1.54, 1.807) is 0 Å². The maximum absolute atomic E-state index is 12.6. The summed E-state index contributed by atoms with van der Waals surface area (Å²) >= 11 is 0. The van der Waals surface area contributed by atoms with E-state index >= 15 is 0 Å². The van der Waals surface area contributed by atoms with E-state index in [-0.39, 0.29) is 5.91 Å². The molecular weight excluding hydrogens is 276 g/mol. The highest BCUT2D eigenvalue weighted by atomic mass is 16.2. The molecule has 0 aromatic carbocycles. The Balaban J connectivity index is 1.64. The van der Waals surface area contributed by atoms with Crippen molar-refractivity contribution < 1.29 is 4.79 Å². The van der Waals surface area contributed by atoms with Gasteiger partial charge in [0.1, 0.15) is 5.82 Å². The van der Waals surface area contributed by atoms with Crippen LogP contribution in [-0.4, -0.2) is 39.6 Å². The molecule has 1 aromatic rings. The number of nitrogens with one attached hydrogen (secondary N) is 1. The zero-order valence-electron chi connectivity index (χ0n) is 13.4. The first-order valence-electron chi connectivity index (χ1n) is 8.69. The number of nitrogens with zero attached hydrogens (tertiary/aromatic N) is 3. The Morgan fingerprint density at radius 1 is 1.18 bits per heavy atom. The predicted molar refractivity (Wildman–Crippen MR) is 86.9 cm³/mol. The van der Waals surface area contributed by atoms with Crippen LogP contribution < -0.4 is 5.32 Å². The molecule has 0 radical (unpaired) electrons. The summed E-state index contributed by atoms with van der Waals surface area (Å²) in [6.07, 6.45) is 9.42. The van der Waals surface area contributed by atoms with Gasteiger partial charge in [0.25, 0.3) is 5.91 Å². The van der Waals surface area contributed by atoms with Gasteiger partial charge in [0.2, 0.25) is 0 Å². The Bertz CT molecular complexity index is 496. The molecule has 0 spiro atoms. The number of carbonyl (C=O) groups excluding carboxylic acids is 1. The zero-order valence-corrected chi connectivity index (χ0v) is 13.4. The smallest absolute Gasteiger partial charge is 0.274 e. The molecule has 1 unspecified atom stereocenters. The van der Waals surface area contributed by atoms with Gasteiger partial charge in [-0.3, -0.25) is 4.79 Å². The number of aromatic nitrogens is 2. The maximum atomic E-state index is 12.6. The Hall–Kier alpha value is -1.65. The van der Waals surface area contributed by atoms with Crippen LogP contribution in [0, 0.1) is 0 Å². The Labute approximate surface area is 132 Å². The van der Waals surface area contributed by atoms with Gasteiger partial charge >= 0.3 is 0 Å². The van der Waals surface area contributed by atoms with Gasteiger partial charge in [0.15, 0.2) is 5.69 Å². The third-order valence-electron chi connectivity index (χ3n) is 4.95. The van der Waals surface area contributed by atoms with Gasteiger partial charge in [-0.1, -0.05) is 19.8 Å². The van der Waals surface area contributed by atoms with Crippen LogP contribution in [0.15, 0.2) is 12.1 Å². The average molecular weight is 302 g/mol. The Morgan fingerprint density at radius 2 is 1.95 bits per heavy atom. The molecule has 1 aromatic heterocycles. The quantitative estimate of drug-likeness (QED) is 0.927. The van der Waals surface area contributed by atoms with E-state index in [1.807, 2.05) is 17.0 Å². The predicted octanol–water partition coefficient (Wildman–Crippen LogP) is 3.24. The van der Waals surface area contributed by atoms with Gasteiger partial charge in [0.05, 0.1) is 0 Å². The first kappa shape index (κ1) is 15.3. The first-order valence-corrected chi connectivity index (χ1v) is 8.69. The van der Waals surface area contributed by atoms with Crippen molar-refractivity contribution in [1.29, 1.82) is 0 Å². The highest BCUT2D eigenvalue weighted by molar-refractivity contribution is 5.92. The second kappa shape index (κ2) is 7.07. The van der Waals surface area contributed by atoms with Crippen LogP contribution in [0.1, 0.15) is 68.8 Å². The fraction of sp³-hybridized carbons (Fsp3) is 0.706. The van der Waals surface area contributed by atoms with Gasteiger partial charge in [-0.05, 0) is 50.7 Å². The molecule has 2 fully saturated rings. The summed E-state index contributed by atoms with van der Waals surface area (Å²) < 4.78 is 0. The monoisotopic (exact) mass is 302 g/mol. The van der Waals surface area contributed by atoms with Crippen LogP contribution in [0.2, 0.25) is 0 Å². The van der Waals surface area contributed by atoms with Crippen molar-refractivity contribution in [3.8, 4) is 0 Å². The van der Waals surface area contributed by atoms with Crippen LogP contribution in [0.4, 0.5) is 5.82 Å². The third-order valence-corrected chi connectivity index (χ3v) is 4.95. The van der Waals surface area contributed by atoms with E-state index in [9.17, 15) is 4.79 Å². The number of anilines is 1. The molecule has 3 rings (SSSR count). The lowest BCUT2D eigenvalue weighted by atomic mass is 9.99. The lowest BCUT2D eigenvalue weighted by molar-refractivity contribution is 0.0601. The van der Waals surface area contributed by atoms with Crippen molar-refractivity contribution in [2.45, 2.75) is 70.4 Å². The molecule has 5 heteroatoms. The summed E-state index contributed by atoms with van der Waals surface area (Å²) in [6, 6.07) is 4.58. The summed E-state index contributed by atoms with van der Waals surface area (Å²) in [4.78, 5) is 14.6. The molecule has 1 atom stereocenters. The minimum atomic E-state index is 0.0338. The van der Waals surface area contributed by atoms with Crippen molar-refractivity contribution in [3.63, 3.8) is 0 Å². The lowest BCUT2D eigenvalue weighted by Crippen LogP contribution is -2.43. The summed E-state index contributed by atoms with van der Waals surface area (Å²) in [5.41, 5.74) is 0.470. The second-order valence-electron chi connectivity index (χ2n) is 6.49. The molecule has 22 heavy (non-hydrogen) atoms. The zero-order chi connectivity index (χ0) is 15.4. The third kappa shape index (κ3) is 3.39. The topological polar surface area (TPSA) is 58.1 Å². The second-order valence-corrected chi connectivity index (χ2v) is 6.49. The van der Waals surface area contributed by atoms with Crippen molar-refractivity contribution in [3.05, 3.63) is 17.8 Å². The van der Waals surface area contributed by atoms with Crippen LogP contribution in [0.25, 0.3) is 0 Å². The standard InChI is InChI=1S/C17H26N4O/c1-2-14-9-5-6-12-21(14)17(22)15-10-11-16(20-19-15)18-13-7-3-4-8-13/h10-11,13-14H,2-9,12H2,1H3,(H,18,20). The van der Waals surface area contributed by atoms with E-state index in [0.29, 0.717) is 17.8 Å². The molecule has 1 saturated heterocycles. The normalized spacial score (nSPS) is 22.8. The van der Waals surface area contributed by atoms with Crippen LogP contribution >= 0.6 is 0 Å². The van der Waals surface area contributed by atoms with Crippen molar-refractivity contribution in [2.24, 2.45) is 0 Å². The minimum absolute atomic E-state index is 0.0338. The van der Waals surface area contributed by atoms with Gasteiger partial charge in [-0.15, -0.1) is 10.2 Å². The molecule has 120 valence electrons. The summed E-state index contributed by atoms with van der Waals surface area (Å²) in [7, 11) is 0. The van der Waals surface area contributed by atoms with Gasteiger partial charge < -0.3 is 10.2 Å². The fourth-order valence-corrected chi connectivity index (χ4v) is 3.64. The van der Waals surface area contributed by atoms with E-state index in [4.69, 9.17) is 0 Å². The van der Waals surface area contributed by atoms with Gasteiger partial charge in [-0.25, -0.2) is 0 Å². The summed E-state index contributed by atoms with van der Waals surface area (Å²) in [5.74, 6) is 0.820. The number of hydrogen-bond donors (Lipinski definition) is 1. The molecule has 1 saturated carbocycles. The fourth-order valence-electron chi connectivity index (χ4n) is 3.64. The van der Waals surface area contributed by atoms with Gasteiger partial charge in [0, 0.05) is 18.6 Å². The molecule has 2 aliphatic rings. The summed E-state index contributed by atoms with van der Waals surface area (Å²) in [6.45, 7) is 3.00. The van der Waals surface area contributed by atoms with Crippen LogP contribution in [0.5, 0.6) is 0 Å². The molecule has 1 amide bonds. The molecule has 2 heterocycles. The minimum Gasteiger partial charge on any atom is -0.366 e.